The lowest BCUT2D eigenvalue weighted by molar-refractivity contribution is 0.0687. The summed E-state index contributed by atoms with van der Waals surface area (Å²) in [5.74, 6) is -0.972. The third-order valence-corrected chi connectivity index (χ3v) is 2.62. The number of rotatable bonds is 4. The zero-order valence-electron chi connectivity index (χ0n) is 9.97. The third-order valence-electron chi connectivity index (χ3n) is 2.62. The van der Waals surface area contributed by atoms with Crippen molar-refractivity contribution in [3.05, 3.63) is 29.2 Å². The van der Waals surface area contributed by atoms with Crippen molar-refractivity contribution in [2.45, 2.75) is 33.1 Å². The van der Waals surface area contributed by atoms with Gasteiger partial charge in [0, 0.05) is 11.8 Å². The molecule has 0 aliphatic heterocycles. The number of hydrogen-bond acceptors (Lipinski definition) is 3. The van der Waals surface area contributed by atoms with E-state index in [9.17, 15) is 4.79 Å². The van der Waals surface area contributed by atoms with Gasteiger partial charge < -0.3 is 5.11 Å². The normalized spacial score (nSPS) is 10.9. The number of carboxylic acids is 1. The average Bonchev–Trinajstić information content (AvgIpc) is 2.71. The maximum atomic E-state index is 11.2. The second kappa shape index (κ2) is 4.53. The summed E-state index contributed by atoms with van der Waals surface area (Å²) >= 11 is 0. The summed E-state index contributed by atoms with van der Waals surface area (Å²) in [6.45, 7) is 4.02. The lowest BCUT2D eigenvalue weighted by atomic mass is 10.2. The topological polar surface area (TPSA) is 67.5 Å². The molecular weight excluding hydrogens is 218 g/mol. The first kappa shape index (κ1) is 11.6. The SMILES string of the molecule is CCCc1cc(C(=O)O)n2nc(CC)cc2n1. The minimum Gasteiger partial charge on any atom is -0.477 e. The summed E-state index contributed by atoms with van der Waals surface area (Å²) in [7, 11) is 0. The highest BCUT2D eigenvalue weighted by Gasteiger charge is 2.13. The molecule has 2 aromatic heterocycles. The molecule has 0 aromatic carbocycles. The molecule has 2 heterocycles. The molecule has 0 spiro atoms. The van der Waals surface area contributed by atoms with E-state index in [0.717, 1.165) is 30.7 Å². The fraction of sp³-hybridized carbons (Fsp3) is 0.417. The summed E-state index contributed by atoms with van der Waals surface area (Å²) < 4.78 is 1.40. The largest absolute Gasteiger partial charge is 0.477 e. The Morgan fingerprint density at radius 3 is 2.71 bits per heavy atom. The van der Waals surface area contributed by atoms with Crippen molar-refractivity contribution in [1.29, 1.82) is 0 Å². The smallest absolute Gasteiger partial charge is 0.354 e. The first-order valence-corrected chi connectivity index (χ1v) is 5.77. The number of aromatic nitrogens is 3. The van der Waals surface area contributed by atoms with Gasteiger partial charge in [-0.15, -0.1) is 0 Å². The molecule has 2 aromatic rings. The molecule has 0 bridgehead atoms. The predicted octanol–water partition coefficient (Wildman–Crippen LogP) is 1.94. The summed E-state index contributed by atoms with van der Waals surface area (Å²) in [5, 5.41) is 13.4. The second-order valence-corrected chi connectivity index (χ2v) is 3.95. The fourth-order valence-electron chi connectivity index (χ4n) is 1.78. The van der Waals surface area contributed by atoms with E-state index in [1.165, 1.54) is 4.52 Å². The Morgan fingerprint density at radius 2 is 2.12 bits per heavy atom. The Morgan fingerprint density at radius 1 is 1.35 bits per heavy atom. The van der Waals surface area contributed by atoms with Crippen LogP contribution >= 0.6 is 0 Å². The second-order valence-electron chi connectivity index (χ2n) is 3.95. The molecule has 5 heteroatoms. The molecule has 0 fully saturated rings. The molecule has 0 amide bonds. The Kier molecular flexibility index (Phi) is 3.08. The van der Waals surface area contributed by atoms with Gasteiger partial charge in [0.05, 0.1) is 5.69 Å². The minimum atomic E-state index is -0.972. The zero-order valence-corrected chi connectivity index (χ0v) is 9.97. The van der Waals surface area contributed by atoms with Crippen LogP contribution in [-0.4, -0.2) is 25.7 Å². The van der Waals surface area contributed by atoms with Crippen LogP contribution < -0.4 is 0 Å². The molecule has 5 nitrogen and oxygen atoms in total. The van der Waals surface area contributed by atoms with E-state index in [4.69, 9.17) is 5.11 Å². The monoisotopic (exact) mass is 233 g/mol. The van der Waals surface area contributed by atoms with E-state index in [0.29, 0.717) is 5.65 Å². The van der Waals surface area contributed by atoms with Crippen LogP contribution in [0.25, 0.3) is 5.65 Å². The van der Waals surface area contributed by atoms with E-state index in [2.05, 4.69) is 10.1 Å². The van der Waals surface area contributed by atoms with Gasteiger partial charge in [-0.05, 0) is 18.9 Å². The quantitative estimate of drug-likeness (QED) is 0.876. The molecule has 0 unspecified atom stereocenters. The molecule has 0 saturated carbocycles. The Labute approximate surface area is 99.1 Å². The van der Waals surface area contributed by atoms with Crippen molar-refractivity contribution in [3.63, 3.8) is 0 Å². The Balaban J connectivity index is 2.65. The summed E-state index contributed by atoms with van der Waals surface area (Å²) in [6.07, 6.45) is 2.49. The standard InChI is InChI=1S/C12H15N3O2/c1-3-5-9-6-10(12(16)17)15-11(13-9)7-8(4-2)14-15/h6-7H,3-5H2,1-2H3,(H,16,17). The van der Waals surface area contributed by atoms with Crippen molar-refractivity contribution in [2.24, 2.45) is 0 Å². The van der Waals surface area contributed by atoms with E-state index in [1.54, 1.807) is 6.07 Å². The highest BCUT2D eigenvalue weighted by molar-refractivity contribution is 5.86. The number of hydrogen-bond donors (Lipinski definition) is 1. The van der Waals surface area contributed by atoms with Crippen LogP contribution in [0.5, 0.6) is 0 Å². The lowest BCUT2D eigenvalue weighted by Gasteiger charge is -2.03. The first-order valence-electron chi connectivity index (χ1n) is 5.77. The van der Waals surface area contributed by atoms with E-state index < -0.39 is 5.97 Å². The van der Waals surface area contributed by atoms with Crippen molar-refractivity contribution < 1.29 is 9.90 Å². The average molecular weight is 233 g/mol. The maximum absolute atomic E-state index is 11.2. The van der Waals surface area contributed by atoms with Crippen LogP contribution in [0.3, 0.4) is 0 Å². The van der Waals surface area contributed by atoms with Crippen LogP contribution in [0.2, 0.25) is 0 Å². The van der Waals surface area contributed by atoms with Gasteiger partial charge in [0.25, 0.3) is 0 Å². The number of aromatic carboxylic acids is 1. The first-order chi connectivity index (χ1) is 8.15. The summed E-state index contributed by atoms with van der Waals surface area (Å²) in [5.41, 5.74) is 2.46. The number of carboxylic acid groups (broad SMARTS) is 1. The van der Waals surface area contributed by atoms with Gasteiger partial charge in [0.1, 0.15) is 0 Å². The summed E-state index contributed by atoms with van der Waals surface area (Å²) in [6, 6.07) is 3.44. The van der Waals surface area contributed by atoms with E-state index in [1.807, 2.05) is 19.9 Å². The van der Waals surface area contributed by atoms with Gasteiger partial charge in [-0.25, -0.2) is 14.3 Å². The van der Waals surface area contributed by atoms with E-state index >= 15 is 0 Å². The molecule has 0 aliphatic carbocycles. The van der Waals surface area contributed by atoms with Gasteiger partial charge in [-0.2, -0.15) is 5.10 Å². The van der Waals surface area contributed by atoms with Crippen molar-refractivity contribution in [2.75, 3.05) is 0 Å². The van der Waals surface area contributed by atoms with Crippen LogP contribution in [0.15, 0.2) is 12.1 Å². The molecule has 17 heavy (non-hydrogen) atoms. The minimum absolute atomic E-state index is 0.179. The van der Waals surface area contributed by atoms with Crippen LogP contribution in [0.1, 0.15) is 42.1 Å². The molecule has 1 N–H and O–H groups in total. The van der Waals surface area contributed by atoms with Crippen LogP contribution in [0, 0.1) is 0 Å². The van der Waals surface area contributed by atoms with Gasteiger partial charge in [0.15, 0.2) is 11.3 Å². The fourth-order valence-corrected chi connectivity index (χ4v) is 1.78. The Bertz CT molecular complexity index is 560. The number of nitrogens with zero attached hydrogens (tertiary/aromatic N) is 3. The zero-order chi connectivity index (χ0) is 12.4. The molecule has 2 rings (SSSR count). The molecule has 0 atom stereocenters. The predicted molar refractivity (Wildman–Crippen MR) is 63.3 cm³/mol. The van der Waals surface area contributed by atoms with Gasteiger partial charge >= 0.3 is 5.97 Å². The number of aryl methyl sites for hydroxylation is 2. The van der Waals surface area contributed by atoms with Gasteiger partial charge in [-0.1, -0.05) is 20.3 Å². The Hall–Kier alpha value is -1.91. The van der Waals surface area contributed by atoms with Gasteiger partial charge in [-0.3, -0.25) is 0 Å². The van der Waals surface area contributed by atoms with Crippen LogP contribution in [0.4, 0.5) is 0 Å². The lowest BCUT2D eigenvalue weighted by Crippen LogP contribution is -2.09. The highest BCUT2D eigenvalue weighted by atomic mass is 16.4. The van der Waals surface area contributed by atoms with Gasteiger partial charge in [0.2, 0.25) is 0 Å². The summed E-state index contributed by atoms with van der Waals surface area (Å²) in [4.78, 5) is 15.6. The maximum Gasteiger partial charge on any atom is 0.354 e. The number of fused-ring (bicyclic) bond motifs is 1. The molecule has 0 saturated heterocycles. The van der Waals surface area contributed by atoms with Crippen molar-refractivity contribution in [3.8, 4) is 0 Å². The van der Waals surface area contributed by atoms with Crippen LogP contribution in [-0.2, 0) is 12.8 Å². The molecule has 0 aliphatic rings. The van der Waals surface area contributed by atoms with Crippen molar-refractivity contribution in [1.82, 2.24) is 14.6 Å². The highest BCUT2D eigenvalue weighted by Crippen LogP contribution is 2.12. The van der Waals surface area contributed by atoms with Crippen molar-refractivity contribution >= 4 is 11.6 Å². The molecule has 0 radical (unpaired) electrons. The molecular formula is C12H15N3O2. The van der Waals surface area contributed by atoms with E-state index in [-0.39, 0.29) is 5.69 Å². The third kappa shape index (κ3) is 2.13. The number of carbonyl (C=O) groups is 1. The molecule has 90 valence electrons.